The van der Waals surface area contributed by atoms with Crippen molar-refractivity contribution in [3.05, 3.63) is 18.7 Å². The normalized spacial score (nSPS) is 27.9. The van der Waals surface area contributed by atoms with Crippen molar-refractivity contribution in [1.29, 1.82) is 0 Å². The van der Waals surface area contributed by atoms with E-state index in [0.717, 1.165) is 32.2 Å². The summed E-state index contributed by atoms with van der Waals surface area (Å²) < 4.78 is 2.09. The summed E-state index contributed by atoms with van der Waals surface area (Å²) in [5.41, 5.74) is 0. The number of nitrogens with zero attached hydrogens (tertiary/aromatic N) is 2. The molecule has 90 valence electrons. The molecule has 0 aliphatic heterocycles. The van der Waals surface area contributed by atoms with Crippen LogP contribution < -0.4 is 5.32 Å². The van der Waals surface area contributed by atoms with E-state index in [2.05, 4.69) is 21.8 Å². The van der Waals surface area contributed by atoms with Gasteiger partial charge in [0, 0.05) is 31.0 Å². The zero-order valence-corrected chi connectivity index (χ0v) is 9.84. The number of nitrogens with one attached hydrogen (secondary N) is 1. The fourth-order valence-corrected chi connectivity index (χ4v) is 2.41. The first-order chi connectivity index (χ1) is 7.74. The van der Waals surface area contributed by atoms with Crippen LogP contribution in [0.4, 0.5) is 0 Å². The van der Waals surface area contributed by atoms with Crippen molar-refractivity contribution in [2.24, 2.45) is 0 Å². The van der Waals surface area contributed by atoms with Gasteiger partial charge >= 0.3 is 0 Å². The van der Waals surface area contributed by atoms with Gasteiger partial charge in [-0.1, -0.05) is 0 Å². The quantitative estimate of drug-likeness (QED) is 0.805. The molecule has 1 unspecified atom stereocenters. The molecule has 1 saturated carbocycles. The van der Waals surface area contributed by atoms with Gasteiger partial charge in [-0.25, -0.2) is 4.98 Å². The minimum absolute atomic E-state index is 0.0676. The Morgan fingerprint density at radius 1 is 1.44 bits per heavy atom. The monoisotopic (exact) mass is 223 g/mol. The van der Waals surface area contributed by atoms with Gasteiger partial charge in [-0.05, 0) is 32.6 Å². The van der Waals surface area contributed by atoms with Crippen LogP contribution in [0.2, 0.25) is 0 Å². The van der Waals surface area contributed by atoms with E-state index in [1.807, 2.05) is 18.7 Å². The van der Waals surface area contributed by atoms with Crippen molar-refractivity contribution in [1.82, 2.24) is 14.9 Å². The predicted molar refractivity (Wildman–Crippen MR) is 63.1 cm³/mol. The van der Waals surface area contributed by atoms with Crippen molar-refractivity contribution in [3.63, 3.8) is 0 Å². The van der Waals surface area contributed by atoms with Gasteiger partial charge in [0.1, 0.15) is 0 Å². The third-order valence-corrected chi connectivity index (χ3v) is 3.26. The molecule has 1 aliphatic carbocycles. The minimum Gasteiger partial charge on any atom is -0.393 e. The smallest absolute Gasteiger partial charge is 0.0946 e. The summed E-state index contributed by atoms with van der Waals surface area (Å²) >= 11 is 0. The zero-order valence-electron chi connectivity index (χ0n) is 9.84. The molecule has 0 spiro atoms. The van der Waals surface area contributed by atoms with Gasteiger partial charge in [0.2, 0.25) is 0 Å². The molecule has 1 aromatic heterocycles. The fourth-order valence-electron chi connectivity index (χ4n) is 2.41. The second kappa shape index (κ2) is 5.46. The Hall–Kier alpha value is -0.870. The van der Waals surface area contributed by atoms with E-state index >= 15 is 0 Å². The van der Waals surface area contributed by atoms with Crippen LogP contribution in [0.25, 0.3) is 0 Å². The van der Waals surface area contributed by atoms with Gasteiger partial charge in [0.05, 0.1) is 12.4 Å². The van der Waals surface area contributed by atoms with Gasteiger partial charge in [-0.3, -0.25) is 0 Å². The van der Waals surface area contributed by atoms with E-state index in [0.29, 0.717) is 12.1 Å². The summed E-state index contributed by atoms with van der Waals surface area (Å²) in [5, 5.41) is 13.0. The van der Waals surface area contributed by atoms with Gasteiger partial charge in [0.25, 0.3) is 0 Å². The van der Waals surface area contributed by atoms with Gasteiger partial charge < -0.3 is 15.0 Å². The van der Waals surface area contributed by atoms with Crippen LogP contribution in [0.15, 0.2) is 18.7 Å². The molecule has 0 saturated heterocycles. The highest BCUT2D eigenvalue weighted by Gasteiger charge is 2.20. The molecular weight excluding hydrogens is 202 g/mol. The van der Waals surface area contributed by atoms with E-state index < -0.39 is 0 Å². The van der Waals surface area contributed by atoms with E-state index in [4.69, 9.17) is 0 Å². The van der Waals surface area contributed by atoms with E-state index in [1.165, 1.54) is 0 Å². The molecule has 2 rings (SSSR count). The van der Waals surface area contributed by atoms with Crippen LogP contribution in [-0.4, -0.2) is 32.8 Å². The topological polar surface area (TPSA) is 50.1 Å². The van der Waals surface area contributed by atoms with Gasteiger partial charge in [0.15, 0.2) is 0 Å². The number of rotatable bonds is 4. The average Bonchev–Trinajstić information content (AvgIpc) is 2.74. The lowest BCUT2D eigenvalue weighted by molar-refractivity contribution is 0.114. The second-order valence-corrected chi connectivity index (χ2v) is 4.83. The molecular formula is C12H21N3O. The lowest BCUT2D eigenvalue weighted by Gasteiger charge is -2.29. The largest absolute Gasteiger partial charge is 0.393 e. The van der Waals surface area contributed by atoms with Crippen molar-refractivity contribution in [2.45, 2.75) is 57.3 Å². The Morgan fingerprint density at radius 3 is 2.81 bits per heavy atom. The summed E-state index contributed by atoms with van der Waals surface area (Å²) in [6.45, 7) is 3.16. The summed E-state index contributed by atoms with van der Waals surface area (Å²) in [4.78, 5) is 4.03. The Balaban J connectivity index is 1.72. The van der Waals surface area contributed by atoms with E-state index in [1.54, 1.807) is 0 Å². The lowest BCUT2D eigenvalue weighted by atomic mass is 9.93. The molecule has 1 aromatic rings. The number of hydrogen-bond acceptors (Lipinski definition) is 3. The van der Waals surface area contributed by atoms with Crippen molar-refractivity contribution in [2.75, 3.05) is 0 Å². The second-order valence-electron chi connectivity index (χ2n) is 4.83. The van der Waals surface area contributed by atoms with Crippen LogP contribution in [0.5, 0.6) is 0 Å². The summed E-state index contributed by atoms with van der Waals surface area (Å²) in [6.07, 6.45) is 9.65. The Labute approximate surface area is 96.7 Å². The average molecular weight is 223 g/mol. The first kappa shape index (κ1) is 11.6. The molecule has 0 amide bonds. The molecule has 16 heavy (non-hydrogen) atoms. The van der Waals surface area contributed by atoms with Crippen LogP contribution in [0, 0.1) is 0 Å². The maximum atomic E-state index is 9.43. The zero-order chi connectivity index (χ0) is 11.4. The SMILES string of the molecule is CC(Cn1ccnc1)NC1CCC(O)CC1. The first-order valence-electron chi connectivity index (χ1n) is 6.14. The highest BCUT2D eigenvalue weighted by molar-refractivity contribution is 4.81. The third-order valence-electron chi connectivity index (χ3n) is 3.26. The summed E-state index contributed by atoms with van der Waals surface area (Å²) in [6, 6.07) is 1.02. The molecule has 1 heterocycles. The Kier molecular flexibility index (Phi) is 3.96. The highest BCUT2D eigenvalue weighted by atomic mass is 16.3. The van der Waals surface area contributed by atoms with Crippen LogP contribution >= 0.6 is 0 Å². The third kappa shape index (κ3) is 3.32. The van der Waals surface area contributed by atoms with Crippen molar-refractivity contribution >= 4 is 0 Å². The van der Waals surface area contributed by atoms with Crippen LogP contribution in [0.1, 0.15) is 32.6 Å². The molecule has 1 atom stereocenters. The number of imidazole rings is 1. The van der Waals surface area contributed by atoms with E-state index in [9.17, 15) is 5.11 Å². The number of aromatic nitrogens is 2. The molecule has 0 aromatic carbocycles. The fraction of sp³-hybridized carbons (Fsp3) is 0.750. The number of aliphatic hydroxyl groups excluding tert-OH is 1. The predicted octanol–water partition coefficient (Wildman–Crippen LogP) is 1.16. The number of hydrogen-bond donors (Lipinski definition) is 2. The Morgan fingerprint density at radius 2 is 2.19 bits per heavy atom. The molecule has 4 nitrogen and oxygen atoms in total. The highest BCUT2D eigenvalue weighted by Crippen LogP contribution is 2.18. The van der Waals surface area contributed by atoms with Gasteiger partial charge in [-0.2, -0.15) is 0 Å². The summed E-state index contributed by atoms with van der Waals surface area (Å²) in [5.74, 6) is 0. The molecule has 0 radical (unpaired) electrons. The molecule has 1 fully saturated rings. The lowest BCUT2D eigenvalue weighted by Crippen LogP contribution is -2.41. The molecule has 0 bridgehead atoms. The minimum atomic E-state index is -0.0676. The maximum absolute atomic E-state index is 9.43. The molecule has 4 heteroatoms. The molecule has 1 aliphatic rings. The Bertz CT molecular complexity index is 291. The van der Waals surface area contributed by atoms with Crippen LogP contribution in [0.3, 0.4) is 0 Å². The number of aliphatic hydroxyl groups is 1. The van der Waals surface area contributed by atoms with Crippen molar-refractivity contribution in [3.8, 4) is 0 Å². The first-order valence-corrected chi connectivity index (χ1v) is 6.14. The maximum Gasteiger partial charge on any atom is 0.0946 e. The van der Waals surface area contributed by atoms with Gasteiger partial charge in [-0.15, -0.1) is 0 Å². The standard InChI is InChI=1S/C12H21N3O/c1-10(8-15-7-6-13-9-15)14-11-2-4-12(16)5-3-11/h6-7,9-12,14,16H,2-5,8H2,1H3. The van der Waals surface area contributed by atoms with E-state index in [-0.39, 0.29) is 6.10 Å². The van der Waals surface area contributed by atoms with Crippen molar-refractivity contribution < 1.29 is 5.11 Å². The molecule has 2 N–H and O–H groups in total. The van der Waals surface area contributed by atoms with Crippen LogP contribution in [-0.2, 0) is 6.54 Å². The summed E-state index contributed by atoms with van der Waals surface area (Å²) in [7, 11) is 0.